The third-order valence-corrected chi connectivity index (χ3v) is 5.69. The van der Waals surface area contributed by atoms with Gasteiger partial charge in [0.1, 0.15) is 0 Å². The second-order valence-electron chi connectivity index (χ2n) is 4.69. The third kappa shape index (κ3) is 4.38. The summed E-state index contributed by atoms with van der Waals surface area (Å²) < 4.78 is 72.3. The van der Waals surface area contributed by atoms with Crippen LogP contribution in [-0.2, 0) is 23.0 Å². The largest absolute Gasteiger partial charge is 0.476 e. The maximum atomic E-state index is 13.2. The SMILES string of the molecule is O=C(O)c1csc(N(Cc2c(C(F)(F)F)ccc(Cl)c2Cl)S(=O)(=O)O)n1. The van der Waals surface area contributed by atoms with Gasteiger partial charge >= 0.3 is 22.4 Å². The van der Waals surface area contributed by atoms with Crippen molar-refractivity contribution in [1.29, 1.82) is 0 Å². The number of anilines is 1. The van der Waals surface area contributed by atoms with E-state index in [-0.39, 0.29) is 9.33 Å². The minimum atomic E-state index is -5.10. The number of nitrogens with zero attached hydrogens (tertiary/aromatic N) is 2. The van der Waals surface area contributed by atoms with Gasteiger partial charge < -0.3 is 5.11 Å². The number of aromatic carboxylic acids is 1. The molecule has 7 nitrogen and oxygen atoms in total. The van der Waals surface area contributed by atoms with E-state index in [2.05, 4.69) is 4.98 Å². The molecule has 1 aromatic heterocycles. The summed E-state index contributed by atoms with van der Waals surface area (Å²) in [5.74, 6) is -1.49. The lowest BCUT2D eigenvalue weighted by molar-refractivity contribution is -0.138. The molecule has 0 radical (unpaired) electrons. The van der Waals surface area contributed by atoms with Crippen molar-refractivity contribution in [3.8, 4) is 0 Å². The highest BCUT2D eigenvalue weighted by atomic mass is 35.5. The van der Waals surface area contributed by atoms with Crippen LogP contribution in [0.1, 0.15) is 21.6 Å². The van der Waals surface area contributed by atoms with Crippen molar-refractivity contribution in [2.75, 3.05) is 4.31 Å². The van der Waals surface area contributed by atoms with Gasteiger partial charge in [-0.2, -0.15) is 21.6 Å². The molecule has 0 spiro atoms. The molecule has 0 aliphatic heterocycles. The van der Waals surface area contributed by atoms with Crippen molar-refractivity contribution in [2.24, 2.45) is 0 Å². The summed E-state index contributed by atoms with van der Waals surface area (Å²) in [6.45, 7) is -1.07. The lowest BCUT2D eigenvalue weighted by Gasteiger charge is -2.21. The van der Waals surface area contributed by atoms with Gasteiger partial charge in [-0.3, -0.25) is 4.55 Å². The zero-order chi connectivity index (χ0) is 19.9. The lowest BCUT2D eigenvalue weighted by atomic mass is 10.1. The van der Waals surface area contributed by atoms with Crippen LogP contribution < -0.4 is 4.31 Å². The number of carboxylic acid groups (broad SMARTS) is 1. The highest BCUT2D eigenvalue weighted by molar-refractivity contribution is 7.87. The van der Waals surface area contributed by atoms with Crippen LogP contribution in [0.2, 0.25) is 10.0 Å². The van der Waals surface area contributed by atoms with E-state index in [1.165, 1.54) is 0 Å². The number of halogens is 5. The normalized spacial score (nSPS) is 12.2. The predicted octanol–water partition coefficient (Wildman–Crippen LogP) is 3.98. The number of benzene rings is 1. The molecule has 2 rings (SSSR count). The van der Waals surface area contributed by atoms with Gasteiger partial charge in [0.25, 0.3) is 0 Å². The van der Waals surface area contributed by atoms with Gasteiger partial charge in [-0.05, 0) is 12.1 Å². The predicted molar refractivity (Wildman–Crippen MR) is 88.3 cm³/mol. The Kier molecular flexibility index (Phi) is 5.73. The van der Waals surface area contributed by atoms with Crippen molar-refractivity contribution >= 4 is 55.9 Å². The third-order valence-electron chi connectivity index (χ3n) is 3.01. The Morgan fingerprint density at radius 2 is 1.92 bits per heavy atom. The first-order chi connectivity index (χ1) is 11.8. The van der Waals surface area contributed by atoms with Gasteiger partial charge in [0.15, 0.2) is 5.69 Å². The molecule has 26 heavy (non-hydrogen) atoms. The molecule has 1 aromatic carbocycles. The van der Waals surface area contributed by atoms with Crippen LogP contribution in [0.5, 0.6) is 0 Å². The first-order valence-electron chi connectivity index (χ1n) is 6.30. The van der Waals surface area contributed by atoms with Gasteiger partial charge in [0.2, 0.25) is 5.13 Å². The van der Waals surface area contributed by atoms with Crippen LogP contribution in [-0.4, -0.2) is 29.0 Å². The second-order valence-corrected chi connectivity index (χ2v) is 7.65. The molecule has 1 heterocycles. The summed E-state index contributed by atoms with van der Waals surface area (Å²) in [5.41, 5.74) is -2.54. The number of rotatable bonds is 5. The minimum absolute atomic E-state index is 0.0941. The number of hydrogen-bond donors (Lipinski definition) is 2. The molecule has 0 aliphatic carbocycles. The second kappa shape index (κ2) is 7.19. The van der Waals surface area contributed by atoms with Gasteiger partial charge in [0, 0.05) is 10.9 Å². The summed E-state index contributed by atoms with van der Waals surface area (Å²) in [6.07, 6.45) is -4.89. The Balaban J connectivity index is 2.60. The van der Waals surface area contributed by atoms with Crippen LogP contribution in [0.25, 0.3) is 0 Å². The molecule has 0 saturated heterocycles. The van der Waals surface area contributed by atoms with Crippen LogP contribution >= 0.6 is 34.5 Å². The zero-order valence-electron chi connectivity index (χ0n) is 12.2. The molecule has 0 fully saturated rings. The first-order valence-corrected chi connectivity index (χ1v) is 9.33. The van der Waals surface area contributed by atoms with Crippen LogP contribution in [0.4, 0.5) is 18.3 Å². The topological polar surface area (TPSA) is 108 Å². The molecule has 0 amide bonds. The van der Waals surface area contributed by atoms with Gasteiger partial charge in [-0.25, -0.2) is 14.1 Å². The minimum Gasteiger partial charge on any atom is -0.476 e. The van der Waals surface area contributed by atoms with Crippen molar-refractivity contribution in [3.05, 3.63) is 44.4 Å². The van der Waals surface area contributed by atoms with Crippen molar-refractivity contribution in [2.45, 2.75) is 12.7 Å². The van der Waals surface area contributed by atoms with E-state index in [9.17, 15) is 30.9 Å². The average Bonchev–Trinajstić information content (AvgIpc) is 2.95. The van der Waals surface area contributed by atoms with E-state index in [0.717, 1.165) is 11.4 Å². The molecule has 14 heteroatoms. The molecule has 142 valence electrons. The molecule has 2 N–H and O–H groups in total. The molecule has 0 unspecified atom stereocenters. The molecule has 0 aliphatic rings. The fourth-order valence-corrected chi connectivity index (χ4v) is 3.93. The van der Waals surface area contributed by atoms with Gasteiger partial charge in [-0.15, -0.1) is 11.3 Å². The number of hydrogen-bond acceptors (Lipinski definition) is 5. The Hall–Kier alpha value is -1.60. The fourth-order valence-electron chi connectivity index (χ4n) is 1.88. The maximum Gasteiger partial charge on any atom is 0.416 e. The van der Waals surface area contributed by atoms with Gasteiger partial charge in [-0.1, -0.05) is 23.2 Å². The van der Waals surface area contributed by atoms with E-state index in [1.807, 2.05) is 0 Å². The number of alkyl halides is 3. The number of aromatic nitrogens is 1. The van der Waals surface area contributed by atoms with E-state index in [0.29, 0.717) is 17.4 Å². The number of carbonyl (C=O) groups is 1. The van der Waals surface area contributed by atoms with E-state index < -0.39 is 56.0 Å². The van der Waals surface area contributed by atoms with Gasteiger partial charge in [0.05, 0.1) is 22.2 Å². The van der Waals surface area contributed by atoms with Crippen LogP contribution in [0.3, 0.4) is 0 Å². The average molecular weight is 451 g/mol. The zero-order valence-corrected chi connectivity index (χ0v) is 15.3. The summed E-state index contributed by atoms with van der Waals surface area (Å²) >= 11 is 12.0. The summed E-state index contributed by atoms with van der Waals surface area (Å²) in [5, 5.41) is 8.39. The summed E-state index contributed by atoms with van der Waals surface area (Å²) in [7, 11) is -5.10. The summed E-state index contributed by atoms with van der Waals surface area (Å²) in [4.78, 5) is 14.3. The molecule has 0 bridgehead atoms. The Morgan fingerprint density at radius 3 is 2.38 bits per heavy atom. The molecule has 0 saturated carbocycles. The Bertz CT molecular complexity index is 962. The quantitative estimate of drug-likeness (QED) is 0.667. The van der Waals surface area contributed by atoms with Crippen molar-refractivity contribution in [1.82, 2.24) is 4.98 Å². The maximum absolute atomic E-state index is 13.2. The molecule has 2 aromatic rings. The Morgan fingerprint density at radius 1 is 1.31 bits per heavy atom. The molecular formula is C12H7Cl2F3N2O5S2. The van der Waals surface area contributed by atoms with Crippen LogP contribution in [0.15, 0.2) is 17.5 Å². The highest BCUT2D eigenvalue weighted by Gasteiger charge is 2.37. The van der Waals surface area contributed by atoms with E-state index in [4.69, 9.17) is 28.3 Å². The number of carboxylic acids is 1. The van der Waals surface area contributed by atoms with E-state index >= 15 is 0 Å². The molecular weight excluding hydrogens is 444 g/mol. The highest BCUT2D eigenvalue weighted by Crippen LogP contribution is 2.39. The number of thiazole rings is 1. The lowest BCUT2D eigenvalue weighted by Crippen LogP contribution is -2.31. The smallest absolute Gasteiger partial charge is 0.416 e. The van der Waals surface area contributed by atoms with E-state index in [1.54, 1.807) is 0 Å². The van der Waals surface area contributed by atoms with Crippen LogP contribution in [0, 0.1) is 0 Å². The first kappa shape index (κ1) is 20.7. The summed E-state index contributed by atoms with van der Waals surface area (Å²) in [6, 6.07) is 1.50. The van der Waals surface area contributed by atoms with Crippen molar-refractivity contribution < 1.29 is 36.0 Å². The van der Waals surface area contributed by atoms with Crippen molar-refractivity contribution in [3.63, 3.8) is 0 Å². The molecule has 0 atom stereocenters. The standard InChI is InChI=1S/C12H7Cl2F3N2O5S2/c13-7-2-1-6(12(15,16)17)5(9(7)14)3-19(26(22,23)24)11-18-8(4-25-11)10(20)21/h1-2,4H,3H2,(H,20,21)(H,22,23,24). The Labute approximate surface area is 158 Å². The monoisotopic (exact) mass is 450 g/mol. The fraction of sp³-hybridized carbons (Fsp3) is 0.167.